The highest BCUT2D eigenvalue weighted by Gasteiger charge is 2.27. The zero-order valence-electron chi connectivity index (χ0n) is 16.4. The molecule has 29 heavy (non-hydrogen) atoms. The predicted octanol–water partition coefficient (Wildman–Crippen LogP) is 5.43. The van der Waals surface area contributed by atoms with E-state index in [2.05, 4.69) is 0 Å². The summed E-state index contributed by atoms with van der Waals surface area (Å²) in [5.41, 5.74) is 2.08. The Labute approximate surface area is 178 Å². The average molecular weight is 425 g/mol. The smallest absolute Gasteiger partial charge is 0.263 e. The number of aryl methyl sites for hydroxylation is 2. The van der Waals surface area contributed by atoms with Crippen LogP contribution in [0.3, 0.4) is 0 Å². The second-order valence-electron chi connectivity index (χ2n) is 7.98. The van der Waals surface area contributed by atoms with Crippen molar-refractivity contribution in [3.8, 4) is 0 Å². The molecule has 2 aliphatic rings. The van der Waals surface area contributed by atoms with Crippen LogP contribution in [0.25, 0.3) is 10.2 Å². The molecule has 0 bridgehead atoms. The van der Waals surface area contributed by atoms with E-state index < -0.39 is 0 Å². The van der Waals surface area contributed by atoms with Crippen molar-refractivity contribution in [2.24, 2.45) is 0 Å². The summed E-state index contributed by atoms with van der Waals surface area (Å²) >= 11 is 3.11. The summed E-state index contributed by atoms with van der Waals surface area (Å²) in [5.74, 6) is 0.383. The van der Waals surface area contributed by atoms with Crippen LogP contribution in [-0.2, 0) is 12.8 Å². The molecule has 4 nitrogen and oxygen atoms in total. The Hall–Kier alpha value is -1.92. The van der Waals surface area contributed by atoms with Gasteiger partial charge < -0.3 is 0 Å². The quantitative estimate of drug-likeness (QED) is 0.311. The van der Waals surface area contributed by atoms with Crippen molar-refractivity contribution in [1.82, 2.24) is 9.55 Å². The van der Waals surface area contributed by atoms with Crippen LogP contribution in [-0.4, -0.2) is 21.1 Å². The summed E-state index contributed by atoms with van der Waals surface area (Å²) in [4.78, 5) is 33.4. The molecule has 0 radical (unpaired) electrons. The molecule has 0 N–H and O–H groups in total. The number of thioether (sulfide) groups is 1. The number of aromatic nitrogens is 2. The van der Waals surface area contributed by atoms with Gasteiger partial charge in [-0.15, -0.1) is 11.3 Å². The van der Waals surface area contributed by atoms with Crippen molar-refractivity contribution in [3.05, 3.63) is 56.7 Å². The van der Waals surface area contributed by atoms with Gasteiger partial charge in [0.05, 0.1) is 11.1 Å². The second-order valence-corrected chi connectivity index (χ2v) is 10.0. The third kappa shape index (κ3) is 3.57. The van der Waals surface area contributed by atoms with E-state index in [0.717, 1.165) is 60.3 Å². The van der Waals surface area contributed by atoms with Gasteiger partial charge in [0, 0.05) is 16.5 Å². The molecular formula is C23H24N2O2S2. The van der Waals surface area contributed by atoms with Gasteiger partial charge in [-0.05, 0) is 44.1 Å². The van der Waals surface area contributed by atoms with Gasteiger partial charge >= 0.3 is 0 Å². The van der Waals surface area contributed by atoms with Gasteiger partial charge in [-0.1, -0.05) is 54.9 Å². The van der Waals surface area contributed by atoms with Gasteiger partial charge in [-0.25, -0.2) is 4.98 Å². The van der Waals surface area contributed by atoms with Crippen molar-refractivity contribution in [1.29, 1.82) is 0 Å². The van der Waals surface area contributed by atoms with Crippen molar-refractivity contribution in [2.45, 2.75) is 62.6 Å². The summed E-state index contributed by atoms with van der Waals surface area (Å²) in [6, 6.07) is 9.58. The number of Topliss-reactive ketones (excluding diaryl/α,β-unsaturated/α-hetero) is 1. The number of hydrogen-bond acceptors (Lipinski definition) is 5. The molecular weight excluding hydrogens is 400 g/mol. The van der Waals surface area contributed by atoms with Gasteiger partial charge in [-0.2, -0.15) is 0 Å². The van der Waals surface area contributed by atoms with Crippen LogP contribution in [0.1, 0.15) is 65.4 Å². The summed E-state index contributed by atoms with van der Waals surface area (Å²) in [5, 5.41) is 1.58. The Morgan fingerprint density at radius 1 is 1.10 bits per heavy atom. The molecule has 150 valence electrons. The van der Waals surface area contributed by atoms with Crippen LogP contribution in [0, 0.1) is 0 Å². The minimum Gasteiger partial charge on any atom is -0.293 e. The molecule has 1 saturated carbocycles. The molecule has 0 unspecified atom stereocenters. The first-order valence-electron chi connectivity index (χ1n) is 10.5. The fraction of sp³-hybridized carbons (Fsp3) is 0.435. The number of carbonyl (C=O) groups is 1. The van der Waals surface area contributed by atoms with Gasteiger partial charge in [0.25, 0.3) is 5.56 Å². The molecule has 1 aromatic carbocycles. The van der Waals surface area contributed by atoms with Crippen molar-refractivity contribution in [2.75, 3.05) is 5.75 Å². The lowest BCUT2D eigenvalue weighted by Gasteiger charge is -2.18. The van der Waals surface area contributed by atoms with E-state index in [9.17, 15) is 9.59 Å². The summed E-state index contributed by atoms with van der Waals surface area (Å²) in [6.45, 7) is 0. The van der Waals surface area contributed by atoms with E-state index in [1.165, 1.54) is 28.6 Å². The van der Waals surface area contributed by atoms with Gasteiger partial charge in [0.1, 0.15) is 4.83 Å². The third-order valence-electron chi connectivity index (χ3n) is 6.11. The van der Waals surface area contributed by atoms with Crippen LogP contribution in [0.5, 0.6) is 0 Å². The third-order valence-corrected chi connectivity index (χ3v) is 8.25. The van der Waals surface area contributed by atoms with Gasteiger partial charge in [0.15, 0.2) is 10.9 Å². The van der Waals surface area contributed by atoms with E-state index >= 15 is 0 Å². The molecule has 0 aliphatic heterocycles. The molecule has 0 atom stereocenters. The number of fused-ring (bicyclic) bond motifs is 3. The van der Waals surface area contributed by atoms with Gasteiger partial charge in [0.2, 0.25) is 0 Å². The lowest BCUT2D eigenvalue weighted by molar-refractivity contribution is 0.102. The molecule has 0 amide bonds. The van der Waals surface area contributed by atoms with Crippen LogP contribution in [0.2, 0.25) is 0 Å². The molecule has 5 rings (SSSR count). The SMILES string of the molecule is O=C(CSc1nc2sc3c(c2c(=O)n1C1CCCC1)CCCC3)c1ccccc1. The van der Waals surface area contributed by atoms with Crippen LogP contribution < -0.4 is 5.56 Å². The van der Waals surface area contributed by atoms with E-state index in [4.69, 9.17) is 4.98 Å². The maximum absolute atomic E-state index is 13.6. The summed E-state index contributed by atoms with van der Waals surface area (Å²) in [7, 11) is 0. The Morgan fingerprint density at radius 3 is 2.66 bits per heavy atom. The summed E-state index contributed by atoms with van der Waals surface area (Å²) in [6.07, 6.45) is 8.78. The fourth-order valence-electron chi connectivity index (χ4n) is 4.62. The first-order valence-corrected chi connectivity index (χ1v) is 12.3. The van der Waals surface area contributed by atoms with E-state index in [-0.39, 0.29) is 17.4 Å². The van der Waals surface area contributed by atoms with Crippen LogP contribution in [0.4, 0.5) is 0 Å². The zero-order chi connectivity index (χ0) is 19.8. The Kier molecular flexibility index (Phi) is 5.31. The number of thiophene rings is 1. The number of benzene rings is 1. The summed E-state index contributed by atoms with van der Waals surface area (Å²) < 4.78 is 1.93. The van der Waals surface area contributed by atoms with Crippen molar-refractivity contribution < 1.29 is 4.79 Å². The number of hydrogen-bond donors (Lipinski definition) is 0. The standard InChI is InChI=1S/C23H24N2O2S2/c26-18(15-8-2-1-3-9-15)14-28-23-24-21-20(17-12-6-7-13-19(17)29-21)22(27)25(23)16-10-4-5-11-16/h1-3,8-9,16H,4-7,10-14H2. The highest BCUT2D eigenvalue weighted by atomic mass is 32.2. The minimum absolute atomic E-state index is 0.0772. The van der Waals surface area contributed by atoms with E-state index in [1.54, 1.807) is 11.3 Å². The number of ketones is 1. The molecule has 2 aliphatic carbocycles. The Bertz CT molecular complexity index is 1110. The molecule has 0 saturated heterocycles. The van der Waals surface area contributed by atoms with Crippen LogP contribution >= 0.6 is 23.1 Å². The van der Waals surface area contributed by atoms with E-state index in [1.807, 2.05) is 34.9 Å². The minimum atomic E-state index is 0.0772. The molecule has 6 heteroatoms. The molecule has 0 spiro atoms. The van der Waals surface area contributed by atoms with E-state index in [0.29, 0.717) is 11.3 Å². The van der Waals surface area contributed by atoms with Gasteiger partial charge in [-0.3, -0.25) is 14.2 Å². The normalized spacial score (nSPS) is 17.0. The first-order chi connectivity index (χ1) is 14.2. The Balaban J connectivity index is 1.55. The Morgan fingerprint density at radius 2 is 1.86 bits per heavy atom. The predicted molar refractivity (Wildman–Crippen MR) is 120 cm³/mol. The zero-order valence-corrected chi connectivity index (χ0v) is 18.0. The highest BCUT2D eigenvalue weighted by molar-refractivity contribution is 7.99. The monoisotopic (exact) mass is 424 g/mol. The topological polar surface area (TPSA) is 52.0 Å². The number of carbonyl (C=O) groups excluding carboxylic acids is 1. The first kappa shape index (κ1) is 19.1. The highest BCUT2D eigenvalue weighted by Crippen LogP contribution is 2.37. The number of rotatable bonds is 5. The van der Waals surface area contributed by atoms with Crippen molar-refractivity contribution >= 4 is 39.1 Å². The number of nitrogens with zero attached hydrogens (tertiary/aromatic N) is 2. The lowest BCUT2D eigenvalue weighted by Crippen LogP contribution is -2.27. The molecule has 2 heterocycles. The maximum Gasteiger partial charge on any atom is 0.263 e. The average Bonchev–Trinajstić information content (AvgIpc) is 3.40. The molecule has 2 aromatic heterocycles. The maximum atomic E-state index is 13.6. The lowest BCUT2D eigenvalue weighted by atomic mass is 9.97. The molecule has 1 fully saturated rings. The fourth-order valence-corrected chi connectivity index (χ4v) is 6.89. The largest absolute Gasteiger partial charge is 0.293 e. The second kappa shape index (κ2) is 8.07. The molecule has 3 aromatic rings. The van der Waals surface area contributed by atoms with Crippen LogP contribution in [0.15, 0.2) is 40.3 Å². The van der Waals surface area contributed by atoms with Crippen molar-refractivity contribution in [3.63, 3.8) is 0 Å².